The highest BCUT2D eigenvalue weighted by molar-refractivity contribution is 5.99. The summed E-state index contributed by atoms with van der Waals surface area (Å²) >= 11 is 0. The molecule has 0 aliphatic heterocycles. The van der Waals surface area contributed by atoms with Gasteiger partial charge in [-0.3, -0.25) is 0 Å². The van der Waals surface area contributed by atoms with Crippen molar-refractivity contribution < 1.29 is 9.18 Å². The Morgan fingerprint density at radius 1 is 1.10 bits per heavy atom. The van der Waals surface area contributed by atoms with Crippen molar-refractivity contribution in [3.05, 3.63) is 59.4 Å². The zero-order chi connectivity index (χ0) is 14.5. The van der Waals surface area contributed by atoms with Gasteiger partial charge in [0.1, 0.15) is 5.82 Å². The highest BCUT2D eigenvalue weighted by Gasteiger charge is 2.07. The monoisotopic (exact) mass is 272 g/mol. The Balaban J connectivity index is 2.03. The lowest BCUT2D eigenvalue weighted by molar-refractivity contribution is 0.262. The Hall–Kier alpha value is -2.36. The van der Waals surface area contributed by atoms with Gasteiger partial charge >= 0.3 is 6.03 Å². The molecule has 0 radical (unpaired) electrons. The van der Waals surface area contributed by atoms with Crippen molar-refractivity contribution in [2.45, 2.75) is 20.3 Å². The van der Waals surface area contributed by atoms with Crippen LogP contribution < -0.4 is 10.6 Å². The van der Waals surface area contributed by atoms with Crippen molar-refractivity contribution in [1.29, 1.82) is 0 Å². The third-order valence-corrected chi connectivity index (χ3v) is 2.99. The largest absolute Gasteiger partial charge is 0.323 e. The lowest BCUT2D eigenvalue weighted by Crippen LogP contribution is -2.20. The molecule has 3 nitrogen and oxygen atoms in total. The first kappa shape index (κ1) is 14.1. The predicted octanol–water partition coefficient (Wildman–Crippen LogP) is 4.34. The molecule has 2 aromatic carbocycles. The number of halogens is 1. The molecule has 2 N–H and O–H groups in total. The van der Waals surface area contributed by atoms with Crippen LogP contribution in [0.3, 0.4) is 0 Å². The van der Waals surface area contributed by atoms with Gasteiger partial charge in [0.25, 0.3) is 0 Å². The fourth-order valence-corrected chi connectivity index (χ4v) is 1.84. The molecule has 0 spiro atoms. The summed E-state index contributed by atoms with van der Waals surface area (Å²) in [5.41, 5.74) is 2.93. The van der Waals surface area contributed by atoms with Crippen LogP contribution in [0.15, 0.2) is 42.5 Å². The number of benzene rings is 2. The molecule has 0 heterocycles. The molecule has 2 rings (SSSR count). The molecule has 0 bridgehead atoms. The number of aryl methyl sites for hydroxylation is 2. The normalized spacial score (nSPS) is 10.2. The Morgan fingerprint density at radius 3 is 2.45 bits per heavy atom. The van der Waals surface area contributed by atoms with Crippen molar-refractivity contribution in [2.24, 2.45) is 0 Å². The van der Waals surface area contributed by atoms with Crippen molar-refractivity contribution in [2.75, 3.05) is 10.6 Å². The maximum Gasteiger partial charge on any atom is 0.323 e. The standard InChI is InChI=1S/C16H17FN2O/c1-3-12-5-7-13(8-6-12)18-16(20)19-15-10-11(2)4-9-14(15)17/h4-10H,3H2,1-2H3,(H2,18,19,20). The molecule has 0 unspecified atom stereocenters. The van der Waals surface area contributed by atoms with Gasteiger partial charge in [-0.15, -0.1) is 0 Å². The molecule has 0 saturated carbocycles. The van der Waals surface area contributed by atoms with Crippen molar-refractivity contribution in [3.8, 4) is 0 Å². The molecule has 4 heteroatoms. The van der Waals surface area contributed by atoms with E-state index in [0.717, 1.165) is 12.0 Å². The van der Waals surface area contributed by atoms with Crippen LogP contribution >= 0.6 is 0 Å². The number of amides is 2. The quantitative estimate of drug-likeness (QED) is 0.857. The molecule has 20 heavy (non-hydrogen) atoms. The molecule has 104 valence electrons. The lowest BCUT2D eigenvalue weighted by Gasteiger charge is -2.09. The first-order valence-corrected chi connectivity index (χ1v) is 6.51. The zero-order valence-corrected chi connectivity index (χ0v) is 11.5. The molecule has 0 fully saturated rings. The number of hydrogen-bond donors (Lipinski definition) is 2. The molecule has 2 amide bonds. The van der Waals surface area contributed by atoms with Gasteiger partial charge in [-0.2, -0.15) is 0 Å². The summed E-state index contributed by atoms with van der Waals surface area (Å²) in [5, 5.41) is 5.17. The van der Waals surface area contributed by atoms with Crippen molar-refractivity contribution in [3.63, 3.8) is 0 Å². The summed E-state index contributed by atoms with van der Waals surface area (Å²) < 4.78 is 13.5. The minimum atomic E-state index is -0.459. The predicted molar refractivity (Wildman–Crippen MR) is 79.6 cm³/mol. The molecule has 0 atom stereocenters. The maximum atomic E-state index is 13.5. The highest BCUT2D eigenvalue weighted by atomic mass is 19.1. The van der Waals surface area contributed by atoms with Gasteiger partial charge in [-0.25, -0.2) is 9.18 Å². The first-order chi connectivity index (χ1) is 9.58. The van der Waals surface area contributed by atoms with Gasteiger partial charge in [0.2, 0.25) is 0 Å². The van der Waals surface area contributed by atoms with E-state index < -0.39 is 11.8 Å². The molecule has 0 saturated heterocycles. The van der Waals surface area contributed by atoms with Crippen molar-refractivity contribution >= 4 is 17.4 Å². The zero-order valence-electron chi connectivity index (χ0n) is 11.5. The first-order valence-electron chi connectivity index (χ1n) is 6.51. The Morgan fingerprint density at radius 2 is 1.80 bits per heavy atom. The van der Waals surface area contributed by atoms with E-state index in [-0.39, 0.29) is 5.69 Å². The number of anilines is 2. The SMILES string of the molecule is CCc1ccc(NC(=O)Nc2cc(C)ccc2F)cc1. The van der Waals surface area contributed by atoms with E-state index in [9.17, 15) is 9.18 Å². The van der Waals surface area contributed by atoms with E-state index in [2.05, 4.69) is 17.6 Å². The van der Waals surface area contributed by atoms with Gasteiger partial charge in [-0.05, 0) is 48.7 Å². The smallest absolute Gasteiger partial charge is 0.308 e. The average Bonchev–Trinajstić information content (AvgIpc) is 2.43. The molecule has 0 aliphatic rings. The molecule has 2 aromatic rings. The Kier molecular flexibility index (Phi) is 4.35. The summed E-state index contributed by atoms with van der Waals surface area (Å²) in [5.74, 6) is -0.452. The Labute approximate surface area is 117 Å². The minimum Gasteiger partial charge on any atom is -0.308 e. The summed E-state index contributed by atoms with van der Waals surface area (Å²) in [6.07, 6.45) is 0.945. The van der Waals surface area contributed by atoms with Crippen LogP contribution in [0, 0.1) is 12.7 Å². The van der Waals surface area contributed by atoms with Crippen LogP contribution in [-0.4, -0.2) is 6.03 Å². The van der Waals surface area contributed by atoms with E-state index in [4.69, 9.17) is 0 Å². The molecular formula is C16H17FN2O. The summed E-state index contributed by atoms with van der Waals surface area (Å²) in [4.78, 5) is 11.8. The fourth-order valence-electron chi connectivity index (χ4n) is 1.84. The van der Waals surface area contributed by atoms with Crippen LogP contribution in [-0.2, 0) is 6.42 Å². The van der Waals surface area contributed by atoms with E-state index in [1.807, 2.05) is 31.2 Å². The van der Waals surface area contributed by atoms with Gasteiger partial charge < -0.3 is 10.6 Å². The average molecular weight is 272 g/mol. The van der Waals surface area contributed by atoms with Gasteiger partial charge in [0.15, 0.2) is 0 Å². The van der Waals surface area contributed by atoms with Crippen LogP contribution in [0.5, 0.6) is 0 Å². The molecule has 0 aliphatic carbocycles. The van der Waals surface area contributed by atoms with Crippen LogP contribution in [0.2, 0.25) is 0 Å². The second-order valence-corrected chi connectivity index (χ2v) is 4.61. The Bertz CT molecular complexity index is 608. The van der Waals surface area contributed by atoms with Gasteiger partial charge in [0.05, 0.1) is 5.69 Å². The topological polar surface area (TPSA) is 41.1 Å². The van der Waals surface area contributed by atoms with Crippen LogP contribution in [0.4, 0.5) is 20.6 Å². The summed E-state index contributed by atoms with van der Waals surface area (Å²) in [6.45, 7) is 3.90. The molecular weight excluding hydrogens is 255 g/mol. The summed E-state index contributed by atoms with van der Waals surface area (Å²) in [6, 6.07) is 11.7. The van der Waals surface area contributed by atoms with E-state index in [1.165, 1.54) is 11.6 Å². The highest BCUT2D eigenvalue weighted by Crippen LogP contribution is 2.16. The number of hydrogen-bond acceptors (Lipinski definition) is 1. The second-order valence-electron chi connectivity index (χ2n) is 4.61. The van der Waals surface area contributed by atoms with E-state index in [1.54, 1.807) is 12.1 Å². The lowest BCUT2D eigenvalue weighted by atomic mass is 10.1. The molecule has 0 aromatic heterocycles. The van der Waals surface area contributed by atoms with E-state index in [0.29, 0.717) is 5.69 Å². The van der Waals surface area contributed by atoms with Gasteiger partial charge in [0, 0.05) is 5.69 Å². The number of carbonyl (C=O) groups is 1. The van der Waals surface area contributed by atoms with E-state index >= 15 is 0 Å². The number of nitrogens with one attached hydrogen (secondary N) is 2. The number of rotatable bonds is 3. The fraction of sp³-hybridized carbons (Fsp3) is 0.188. The third-order valence-electron chi connectivity index (χ3n) is 2.99. The summed E-state index contributed by atoms with van der Waals surface area (Å²) in [7, 11) is 0. The minimum absolute atomic E-state index is 0.174. The van der Waals surface area contributed by atoms with Crippen molar-refractivity contribution in [1.82, 2.24) is 0 Å². The van der Waals surface area contributed by atoms with Gasteiger partial charge in [-0.1, -0.05) is 25.1 Å². The second kappa shape index (κ2) is 6.19. The van der Waals surface area contributed by atoms with Crippen LogP contribution in [0.25, 0.3) is 0 Å². The third kappa shape index (κ3) is 3.57. The number of urea groups is 1. The van der Waals surface area contributed by atoms with Crippen LogP contribution in [0.1, 0.15) is 18.1 Å². The number of carbonyl (C=O) groups excluding carboxylic acids is 1. The maximum absolute atomic E-state index is 13.5.